The summed E-state index contributed by atoms with van der Waals surface area (Å²) >= 11 is 7.35. The van der Waals surface area contributed by atoms with Crippen molar-refractivity contribution < 1.29 is 22.7 Å². The van der Waals surface area contributed by atoms with Gasteiger partial charge in [-0.15, -0.1) is 0 Å². The highest BCUT2D eigenvalue weighted by Gasteiger charge is 2.37. The molecule has 1 amide bonds. The van der Waals surface area contributed by atoms with Gasteiger partial charge in [0.1, 0.15) is 22.1 Å². The first kappa shape index (κ1) is 20.3. The Morgan fingerprint density at radius 1 is 1.24 bits per heavy atom. The van der Waals surface area contributed by atoms with E-state index in [1.54, 1.807) is 53.2 Å². The molecule has 5 nitrogen and oxygen atoms in total. The Morgan fingerprint density at radius 2 is 1.80 bits per heavy atom. The van der Waals surface area contributed by atoms with E-state index in [1.165, 1.54) is 6.07 Å². The third-order valence-electron chi connectivity index (χ3n) is 3.45. The lowest BCUT2D eigenvalue weighted by molar-refractivity contribution is -0.138. The molecule has 10 heteroatoms. The van der Waals surface area contributed by atoms with Crippen molar-refractivity contribution in [1.29, 1.82) is 0 Å². The molecule has 1 fully saturated rings. The van der Waals surface area contributed by atoms with Gasteiger partial charge in [0, 0.05) is 29.7 Å². The van der Waals surface area contributed by atoms with Gasteiger partial charge in [-0.05, 0) is 49.4 Å². The van der Waals surface area contributed by atoms with E-state index in [-0.39, 0.29) is 3.57 Å². The minimum atomic E-state index is -4.55. The number of pyridine rings is 1. The van der Waals surface area contributed by atoms with Crippen LogP contribution in [0.2, 0.25) is 5.15 Å². The summed E-state index contributed by atoms with van der Waals surface area (Å²) in [7, 11) is 0. The number of anilines is 1. The number of hydrogen-bond acceptors (Lipinski definition) is 4. The van der Waals surface area contributed by atoms with Crippen molar-refractivity contribution in [2.75, 3.05) is 31.1 Å². The maximum Gasteiger partial charge on any atom is 0.420 e. The molecule has 0 bridgehead atoms. The molecule has 2 rings (SSSR count). The predicted octanol–water partition coefficient (Wildman–Crippen LogP) is 4.42. The molecule has 0 N–H and O–H groups in total. The van der Waals surface area contributed by atoms with Gasteiger partial charge in [-0.1, -0.05) is 11.6 Å². The second-order valence-corrected chi connectivity index (χ2v) is 8.10. The molecule has 1 aromatic rings. The summed E-state index contributed by atoms with van der Waals surface area (Å²) in [5.41, 5.74) is -1.50. The molecule has 0 saturated carbocycles. The second kappa shape index (κ2) is 7.34. The Labute approximate surface area is 162 Å². The van der Waals surface area contributed by atoms with Crippen LogP contribution in [0.25, 0.3) is 0 Å². The van der Waals surface area contributed by atoms with Crippen LogP contribution in [0.1, 0.15) is 26.3 Å². The van der Waals surface area contributed by atoms with Crippen LogP contribution < -0.4 is 4.90 Å². The SMILES string of the molecule is CC(C)(C)OC(=O)N1CCN(c2cc(I)c(C(F)(F)F)c(Cl)n2)CC1. The minimum absolute atomic E-state index is 0.00493. The zero-order valence-corrected chi connectivity index (χ0v) is 16.9. The van der Waals surface area contributed by atoms with Crippen molar-refractivity contribution >= 4 is 46.1 Å². The Balaban J connectivity index is 2.08. The van der Waals surface area contributed by atoms with E-state index in [0.717, 1.165) is 0 Å². The van der Waals surface area contributed by atoms with Gasteiger partial charge < -0.3 is 14.5 Å². The van der Waals surface area contributed by atoms with Gasteiger partial charge in [-0.2, -0.15) is 13.2 Å². The van der Waals surface area contributed by atoms with Crippen molar-refractivity contribution in [3.63, 3.8) is 0 Å². The lowest BCUT2D eigenvalue weighted by atomic mass is 10.2. The highest BCUT2D eigenvalue weighted by molar-refractivity contribution is 14.1. The highest BCUT2D eigenvalue weighted by Crippen LogP contribution is 2.38. The highest BCUT2D eigenvalue weighted by atomic mass is 127. The number of rotatable bonds is 1. The first-order valence-corrected chi connectivity index (χ1v) is 9.00. The molecular weight excluding hydrogens is 474 g/mol. The Bertz CT molecular complexity index is 633. The predicted molar refractivity (Wildman–Crippen MR) is 97.0 cm³/mol. The van der Waals surface area contributed by atoms with E-state index < -0.39 is 28.6 Å². The monoisotopic (exact) mass is 491 g/mol. The van der Waals surface area contributed by atoms with Crippen LogP contribution in [0.4, 0.5) is 23.8 Å². The molecule has 25 heavy (non-hydrogen) atoms. The standard InChI is InChI=1S/C15H18ClF3IN3O2/c1-14(2,3)25-13(24)23-6-4-22(5-7-23)10-8-9(20)11(12(16)21-10)15(17,18)19/h8H,4-7H2,1-3H3. The maximum atomic E-state index is 13.0. The largest absolute Gasteiger partial charge is 0.444 e. The van der Waals surface area contributed by atoms with Crippen LogP contribution >= 0.6 is 34.2 Å². The maximum absolute atomic E-state index is 13.0. The molecule has 1 saturated heterocycles. The molecule has 0 radical (unpaired) electrons. The fourth-order valence-electron chi connectivity index (χ4n) is 2.33. The minimum Gasteiger partial charge on any atom is -0.444 e. The number of carbonyl (C=O) groups is 1. The number of carbonyl (C=O) groups excluding carboxylic acids is 1. The number of aromatic nitrogens is 1. The third-order valence-corrected chi connectivity index (χ3v) is 4.58. The number of halogens is 5. The molecule has 1 aliphatic rings. The number of amides is 1. The molecule has 1 aromatic heterocycles. The van der Waals surface area contributed by atoms with Gasteiger partial charge in [-0.25, -0.2) is 9.78 Å². The summed E-state index contributed by atoms with van der Waals surface area (Å²) in [6.07, 6.45) is -4.95. The van der Waals surface area contributed by atoms with Crippen LogP contribution in [0.15, 0.2) is 6.07 Å². The summed E-state index contributed by atoms with van der Waals surface area (Å²) in [5, 5.41) is -0.566. The lowest BCUT2D eigenvalue weighted by Crippen LogP contribution is -2.50. The topological polar surface area (TPSA) is 45.7 Å². The van der Waals surface area contributed by atoms with Crippen molar-refractivity contribution in [3.8, 4) is 0 Å². The van der Waals surface area contributed by atoms with Crippen LogP contribution in [0, 0.1) is 3.57 Å². The fraction of sp³-hybridized carbons (Fsp3) is 0.600. The van der Waals surface area contributed by atoms with Gasteiger partial charge in [0.15, 0.2) is 0 Å². The Kier molecular flexibility index (Phi) is 5.97. The first-order chi connectivity index (χ1) is 11.4. The number of piperazine rings is 1. The van der Waals surface area contributed by atoms with Gasteiger partial charge in [0.05, 0.1) is 0 Å². The van der Waals surface area contributed by atoms with E-state index >= 15 is 0 Å². The number of ether oxygens (including phenoxy) is 1. The Morgan fingerprint density at radius 3 is 2.24 bits per heavy atom. The van der Waals surface area contributed by atoms with Crippen molar-refractivity contribution in [3.05, 3.63) is 20.4 Å². The molecule has 0 spiro atoms. The number of alkyl halides is 3. The van der Waals surface area contributed by atoms with E-state index in [1.807, 2.05) is 0 Å². The smallest absolute Gasteiger partial charge is 0.420 e. The van der Waals surface area contributed by atoms with Gasteiger partial charge in [-0.3, -0.25) is 0 Å². The van der Waals surface area contributed by atoms with Gasteiger partial charge >= 0.3 is 12.3 Å². The van der Waals surface area contributed by atoms with E-state index in [0.29, 0.717) is 32.0 Å². The average Bonchev–Trinajstić information content (AvgIpc) is 2.43. The third kappa shape index (κ3) is 5.25. The van der Waals surface area contributed by atoms with Crippen molar-refractivity contribution in [1.82, 2.24) is 9.88 Å². The molecule has 0 aromatic carbocycles. The molecule has 0 atom stereocenters. The fourth-order valence-corrected chi connectivity index (χ4v) is 3.63. The normalized spacial score (nSPS) is 16.2. The molecule has 1 aliphatic heterocycles. The second-order valence-electron chi connectivity index (χ2n) is 6.58. The first-order valence-electron chi connectivity index (χ1n) is 7.54. The van der Waals surface area contributed by atoms with Crippen LogP contribution in [0.3, 0.4) is 0 Å². The van der Waals surface area contributed by atoms with Crippen molar-refractivity contribution in [2.45, 2.75) is 32.5 Å². The quantitative estimate of drug-likeness (QED) is 0.431. The number of nitrogens with zero attached hydrogens (tertiary/aromatic N) is 3. The zero-order valence-electron chi connectivity index (χ0n) is 14.0. The molecule has 0 unspecified atom stereocenters. The molecule has 2 heterocycles. The van der Waals surface area contributed by atoms with Crippen LogP contribution in [0.5, 0.6) is 0 Å². The van der Waals surface area contributed by atoms with Crippen LogP contribution in [-0.4, -0.2) is 47.8 Å². The molecular formula is C15H18ClF3IN3O2. The lowest BCUT2D eigenvalue weighted by Gasteiger charge is -2.36. The van der Waals surface area contributed by atoms with E-state index in [2.05, 4.69) is 4.98 Å². The molecule has 140 valence electrons. The summed E-state index contributed by atoms with van der Waals surface area (Å²) < 4.78 is 44.2. The zero-order chi connectivity index (χ0) is 19.0. The average molecular weight is 492 g/mol. The molecule has 0 aliphatic carbocycles. The number of hydrogen-bond donors (Lipinski definition) is 0. The van der Waals surface area contributed by atoms with Gasteiger partial charge in [0.2, 0.25) is 0 Å². The van der Waals surface area contributed by atoms with E-state index in [4.69, 9.17) is 16.3 Å². The summed E-state index contributed by atoms with van der Waals surface area (Å²) in [4.78, 5) is 19.3. The summed E-state index contributed by atoms with van der Waals surface area (Å²) in [6, 6.07) is 1.36. The summed E-state index contributed by atoms with van der Waals surface area (Å²) in [5.74, 6) is 0.367. The van der Waals surface area contributed by atoms with Gasteiger partial charge in [0.25, 0.3) is 0 Å². The van der Waals surface area contributed by atoms with E-state index in [9.17, 15) is 18.0 Å². The Hall–Kier alpha value is -0.970. The summed E-state index contributed by atoms with van der Waals surface area (Å²) in [6.45, 7) is 7.03. The van der Waals surface area contributed by atoms with Crippen molar-refractivity contribution in [2.24, 2.45) is 0 Å². The van der Waals surface area contributed by atoms with Crippen LogP contribution in [-0.2, 0) is 10.9 Å².